The lowest BCUT2D eigenvalue weighted by Crippen LogP contribution is -2.35. The van der Waals surface area contributed by atoms with Gasteiger partial charge in [-0.15, -0.1) is 6.58 Å². The van der Waals surface area contributed by atoms with Gasteiger partial charge in [-0.3, -0.25) is 19.8 Å². The Labute approximate surface area is 152 Å². The molecule has 0 radical (unpaired) electrons. The van der Waals surface area contributed by atoms with Gasteiger partial charge in [0.1, 0.15) is 5.84 Å². The van der Waals surface area contributed by atoms with Gasteiger partial charge in [-0.1, -0.05) is 6.08 Å². The highest BCUT2D eigenvalue weighted by Crippen LogP contribution is 2.10. The minimum Gasteiger partial charge on any atom is -0.466 e. The monoisotopic (exact) mass is 360 g/mol. The molecule has 140 valence electrons. The molecule has 0 bridgehead atoms. The molecule has 8 heteroatoms. The first kappa shape index (κ1) is 20.9. The van der Waals surface area contributed by atoms with E-state index < -0.39 is 12.0 Å². The van der Waals surface area contributed by atoms with Crippen molar-refractivity contribution in [2.75, 3.05) is 11.9 Å². The van der Waals surface area contributed by atoms with Crippen molar-refractivity contribution in [3.05, 3.63) is 42.5 Å². The summed E-state index contributed by atoms with van der Waals surface area (Å²) in [7, 11) is 0. The zero-order valence-corrected chi connectivity index (χ0v) is 14.7. The van der Waals surface area contributed by atoms with Crippen LogP contribution >= 0.6 is 0 Å². The van der Waals surface area contributed by atoms with E-state index in [0.29, 0.717) is 11.3 Å². The van der Waals surface area contributed by atoms with E-state index >= 15 is 0 Å². The summed E-state index contributed by atoms with van der Waals surface area (Å²) in [6, 6.07) is 5.95. The third-order valence-corrected chi connectivity index (χ3v) is 3.38. The van der Waals surface area contributed by atoms with Crippen molar-refractivity contribution < 1.29 is 19.1 Å². The van der Waals surface area contributed by atoms with E-state index in [4.69, 9.17) is 15.9 Å². The lowest BCUT2D eigenvalue weighted by Gasteiger charge is -2.14. The van der Waals surface area contributed by atoms with Crippen LogP contribution in [-0.2, 0) is 19.1 Å². The molecule has 0 fully saturated rings. The maximum atomic E-state index is 11.9. The van der Waals surface area contributed by atoms with E-state index in [-0.39, 0.29) is 43.5 Å². The number of nitrogen functional groups attached to an aromatic ring is 1. The molecule has 0 heterocycles. The summed E-state index contributed by atoms with van der Waals surface area (Å²) < 4.78 is 4.82. The smallest absolute Gasteiger partial charge is 0.308 e. The second kappa shape index (κ2) is 10.7. The predicted molar refractivity (Wildman–Crippen MR) is 98.7 cm³/mol. The normalized spacial score (nSPS) is 11.1. The van der Waals surface area contributed by atoms with Gasteiger partial charge < -0.3 is 21.1 Å². The van der Waals surface area contributed by atoms with Gasteiger partial charge in [0.05, 0.1) is 19.1 Å². The maximum Gasteiger partial charge on any atom is 0.308 e. The number of hydrogen-bond donors (Lipinski definition) is 4. The first-order chi connectivity index (χ1) is 12.3. The van der Waals surface area contributed by atoms with Gasteiger partial charge in [0.25, 0.3) is 0 Å². The second-order valence-electron chi connectivity index (χ2n) is 5.46. The number of amidine groups is 1. The van der Waals surface area contributed by atoms with Crippen LogP contribution in [0, 0.1) is 5.41 Å². The number of esters is 1. The van der Waals surface area contributed by atoms with Crippen LogP contribution in [0.3, 0.4) is 0 Å². The van der Waals surface area contributed by atoms with Crippen LogP contribution in [0.2, 0.25) is 0 Å². The Kier molecular flexibility index (Phi) is 8.56. The molecular weight excluding hydrogens is 336 g/mol. The first-order valence-electron chi connectivity index (χ1n) is 8.17. The van der Waals surface area contributed by atoms with Crippen molar-refractivity contribution in [2.45, 2.75) is 32.2 Å². The van der Waals surface area contributed by atoms with Crippen LogP contribution in [-0.4, -0.2) is 36.3 Å². The first-order valence-corrected chi connectivity index (χ1v) is 8.17. The summed E-state index contributed by atoms with van der Waals surface area (Å²) in [5.74, 6) is -1.17. The number of carbonyl (C=O) groups is 3. The van der Waals surface area contributed by atoms with Gasteiger partial charge in [-0.05, 0) is 31.2 Å². The Balaban J connectivity index is 2.40. The molecule has 8 nitrogen and oxygen atoms in total. The van der Waals surface area contributed by atoms with Crippen LogP contribution in [0.15, 0.2) is 36.9 Å². The quantitative estimate of drug-likeness (QED) is 0.216. The number of benzene rings is 1. The molecule has 0 aliphatic carbocycles. The minimum atomic E-state index is -0.538. The molecule has 0 aromatic heterocycles. The molecule has 0 aliphatic rings. The summed E-state index contributed by atoms with van der Waals surface area (Å²) in [4.78, 5) is 35.2. The van der Waals surface area contributed by atoms with E-state index in [1.165, 1.54) is 6.08 Å². The highest BCUT2D eigenvalue weighted by Gasteiger charge is 2.15. The number of rotatable bonds is 10. The van der Waals surface area contributed by atoms with Crippen LogP contribution in [0.4, 0.5) is 5.69 Å². The molecule has 1 aromatic rings. The van der Waals surface area contributed by atoms with Crippen molar-refractivity contribution >= 4 is 29.3 Å². The fourth-order valence-electron chi connectivity index (χ4n) is 2.06. The number of ether oxygens (including phenoxy) is 1. The SMILES string of the molecule is C=C[C@@H](CC(=O)OCC)NC(=O)CCC(=O)Nc1ccc(C(=N)N)cc1. The Morgan fingerprint density at radius 2 is 1.85 bits per heavy atom. The van der Waals surface area contributed by atoms with Crippen molar-refractivity contribution in [3.63, 3.8) is 0 Å². The fourth-order valence-corrected chi connectivity index (χ4v) is 2.06. The molecular formula is C18H24N4O4. The van der Waals surface area contributed by atoms with Crippen molar-refractivity contribution in [2.24, 2.45) is 5.73 Å². The van der Waals surface area contributed by atoms with Gasteiger partial charge in [0.15, 0.2) is 0 Å². The lowest BCUT2D eigenvalue weighted by molar-refractivity contribution is -0.143. The molecule has 26 heavy (non-hydrogen) atoms. The van der Waals surface area contributed by atoms with Crippen LogP contribution in [0.1, 0.15) is 31.7 Å². The summed E-state index contributed by atoms with van der Waals surface area (Å²) in [6.07, 6.45) is 1.41. The van der Waals surface area contributed by atoms with E-state index in [1.54, 1.807) is 31.2 Å². The van der Waals surface area contributed by atoms with Crippen LogP contribution < -0.4 is 16.4 Å². The summed E-state index contributed by atoms with van der Waals surface area (Å²) in [5, 5.41) is 12.6. The molecule has 1 aromatic carbocycles. The Hall–Kier alpha value is -3.16. The summed E-state index contributed by atoms with van der Waals surface area (Å²) in [6.45, 7) is 5.54. The average molecular weight is 360 g/mol. The highest BCUT2D eigenvalue weighted by molar-refractivity contribution is 5.96. The fraction of sp³-hybridized carbons (Fsp3) is 0.333. The number of nitrogens with one attached hydrogen (secondary N) is 3. The van der Waals surface area contributed by atoms with E-state index in [1.807, 2.05) is 0 Å². The molecule has 0 saturated carbocycles. The number of carbonyl (C=O) groups excluding carboxylic acids is 3. The van der Waals surface area contributed by atoms with E-state index in [9.17, 15) is 14.4 Å². The third kappa shape index (κ3) is 7.61. The largest absolute Gasteiger partial charge is 0.466 e. The maximum absolute atomic E-state index is 11.9. The molecule has 5 N–H and O–H groups in total. The van der Waals surface area contributed by atoms with Crippen LogP contribution in [0.25, 0.3) is 0 Å². The van der Waals surface area contributed by atoms with Gasteiger partial charge in [-0.25, -0.2) is 0 Å². The van der Waals surface area contributed by atoms with Gasteiger partial charge >= 0.3 is 5.97 Å². The molecule has 0 aliphatic heterocycles. The highest BCUT2D eigenvalue weighted by atomic mass is 16.5. The standard InChI is InChI=1S/C18H24N4O4/c1-3-13(11-17(25)26-4-2)21-15(23)9-10-16(24)22-14-7-5-12(6-8-14)18(19)20/h3,5-8,13H,1,4,9-11H2,2H3,(H3,19,20)(H,21,23)(H,22,24)/t13-/m0/s1. The Morgan fingerprint density at radius 1 is 1.23 bits per heavy atom. The van der Waals surface area contributed by atoms with Crippen molar-refractivity contribution in [1.82, 2.24) is 5.32 Å². The third-order valence-electron chi connectivity index (χ3n) is 3.38. The molecule has 1 rings (SSSR count). The predicted octanol–water partition coefficient (Wildman–Crippen LogP) is 1.31. The van der Waals surface area contributed by atoms with Gasteiger partial charge in [0, 0.05) is 24.1 Å². The molecule has 1 atom stereocenters. The summed E-state index contributed by atoms with van der Waals surface area (Å²) in [5.41, 5.74) is 6.46. The molecule has 0 spiro atoms. The van der Waals surface area contributed by atoms with Gasteiger partial charge in [-0.2, -0.15) is 0 Å². The Morgan fingerprint density at radius 3 is 2.38 bits per heavy atom. The Bertz CT molecular complexity index is 670. The van der Waals surface area contributed by atoms with Crippen molar-refractivity contribution in [1.29, 1.82) is 5.41 Å². The van der Waals surface area contributed by atoms with Gasteiger partial charge in [0.2, 0.25) is 11.8 Å². The summed E-state index contributed by atoms with van der Waals surface area (Å²) >= 11 is 0. The molecule has 2 amide bonds. The van der Waals surface area contributed by atoms with Crippen LogP contribution in [0.5, 0.6) is 0 Å². The zero-order valence-electron chi connectivity index (χ0n) is 14.7. The topological polar surface area (TPSA) is 134 Å². The minimum absolute atomic E-state index is 0.00221. The number of anilines is 1. The lowest BCUT2D eigenvalue weighted by atomic mass is 10.1. The number of hydrogen-bond acceptors (Lipinski definition) is 5. The van der Waals surface area contributed by atoms with Crippen molar-refractivity contribution in [3.8, 4) is 0 Å². The average Bonchev–Trinajstić information content (AvgIpc) is 2.60. The second-order valence-corrected chi connectivity index (χ2v) is 5.46. The zero-order chi connectivity index (χ0) is 19.5. The number of amides is 2. The molecule has 0 unspecified atom stereocenters. The molecule has 0 saturated heterocycles. The van der Waals surface area contributed by atoms with E-state index in [0.717, 1.165) is 0 Å². The number of nitrogens with two attached hydrogens (primary N) is 1. The van der Waals surface area contributed by atoms with E-state index in [2.05, 4.69) is 17.2 Å².